The Bertz CT molecular complexity index is 819. The molecule has 0 aliphatic rings. The Morgan fingerprint density at radius 1 is 0.278 bits per heavy atom. The molecule has 76 valence electrons. The van der Waals surface area contributed by atoms with E-state index in [-0.39, 0.29) is 0 Å². The molecule has 0 nitrogen and oxygen atoms in total. The summed E-state index contributed by atoms with van der Waals surface area (Å²) >= 11 is 0. The van der Waals surface area contributed by atoms with Crippen LogP contribution < -0.4 is 0 Å². The van der Waals surface area contributed by atoms with Gasteiger partial charge >= 0.3 is 0 Å². The molecular weight excluding hydrogens is 216 g/mol. The summed E-state index contributed by atoms with van der Waals surface area (Å²) < 4.78 is 0. The second kappa shape index (κ2) is 13.2. The number of hydrogen-bond acceptors (Lipinski definition) is 0. The summed E-state index contributed by atoms with van der Waals surface area (Å²) in [7, 11) is 0. The van der Waals surface area contributed by atoms with Crippen molar-refractivity contribution in [2.24, 2.45) is 0 Å². The Labute approximate surface area is 105 Å². The second-order valence-electron chi connectivity index (χ2n) is 2.10. The monoisotopic (exact) mass is 220 g/mol. The molecule has 0 radical (unpaired) electrons. The summed E-state index contributed by atoms with van der Waals surface area (Å²) in [6.07, 6.45) is 0. The van der Waals surface area contributed by atoms with Gasteiger partial charge in [0.1, 0.15) is 0 Å². The van der Waals surface area contributed by atoms with Crippen molar-refractivity contribution in [2.45, 2.75) is 0 Å². The van der Waals surface area contributed by atoms with Gasteiger partial charge in [0, 0.05) is 0 Å². The van der Waals surface area contributed by atoms with Gasteiger partial charge < -0.3 is 0 Å². The van der Waals surface area contributed by atoms with Crippen LogP contribution in [0.2, 0.25) is 0 Å². The van der Waals surface area contributed by atoms with Gasteiger partial charge in [-0.3, -0.25) is 0 Å². The van der Waals surface area contributed by atoms with Crippen molar-refractivity contribution in [3.8, 4) is 0 Å². The van der Waals surface area contributed by atoms with Crippen LogP contribution in [-0.4, -0.2) is 0 Å². The third kappa shape index (κ3) is 12.2. The van der Waals surface area contributed by atoms with Gasteiger partial charge in [-0.2, -0.15) is 0 Å². The van der Waals surface area contributed by atoms with Crippen LogP contribution in [0.25, 0.3) is 0 Å². The molecule has 0 N–H and O–H groups in total. The smallest absolute Gasteiger partial charge is 0.0000000000000163 e. The molecule has 0 bridgehead atoms. The summed E-state index contributed by atoms with van der Waals surface area (Å²) in [6.45, 7) is 6.59. The fraction of sp³-hybridized carbons (Fsp3) is 0. The van der Waals surface area contributed by atoms with Gasteiger partial charge in [-0.15, -0.1) is 0 Å². The standard InChI is InChI=1S/C18H4/c1-3-5-7-9-11-13-15-17-18-16-14-12-10-8-6-4-2/h1-2H2. The van der Waals surface area contributed by atoms with Crippen LogP contribution in [0, 0.1) is 0 Å². The predicted molar refractivity (Wildman–Crippen MR) is 67.5 cm³/mol. The van der Waals surface area contributed by atoms with E-state index in [1.54, 1.807) is 0 Å². The van der Waals surface area contributed by atoms with Crippen molar-refractivity contribution in [1.82, 2.24) is 0 Å². The van der Waals surface area contributed by atoms with Crippen molar-refractivity contribution in [2.75, 3.05) is 0 Å². The molecule has 0 heteroatoms. The van der Waals surface area contributed by atoms with E-state index in [0.717, 1.165) is 0 Å². The molecule has 0 aromatic carbocycles. The first-order valence-corrected chi connectivity index (χ1v) is 4.46. The van der Waals surface area contributed by atoms with E-state index in [1.165, 1.54) is 0 Å². The van der Waals surface area contributed by atoms with Gasteiger partial charge in [0.2, 0.25) is 0 Å². The normalized spacial score (nSPS) is 3.78. The lowest BCUT2D eigenvalue weighted by molar-refractivity contribution is 2.12. The first kappa shape index (κ1) is 14.2. The molecule has 0 unspecified atom stereocenters. The zero-order valence-corrected chi connectivity index (χ0v) is 9.41. The molecule has 0 fully saturated rings. The molecule has 0 atom stereocenters. The lowest BCUT2D eigenvalue weighted by Gasteiger charge is -1.40. The van der Waals surface area contributed by atoms with Crippen molar-refractivity contribution < 1.29 is 0 Å². The summed E-state index contributed by atoms with van der Waals surface area (Å²) in [4.78, 5) is 0. The predicted octanol–water partition coefficient (Wildman–Crippen LogP) is 3.28. The van der Waals surface area contributed by atoms with Crippen LogP contribution in [0.15, 0.2) is 105 Å². The average molecular weight is 220 g/mol. The van der Waals surface area contributed by atoms with Crippen molar-refractivity contribution in [3.05, 3.63) is 105 Å². The van der Waals surface area contributed by atoms with E-state index < -0.39 is 0 Å². The minimum Gasteiger partial charge on any atom is -0.0687 e. The van der Waals surface area contributed by atoms with Gasteiger partial charge in [-0.1, -0.05) is 11.5 Å². The fourth-order valence-electron chi connectivity index (χ4n) is 0.463. The zero-order chi connectivity index (χ0) is 13.3. The van der Waals surface area contributed by atoms with E-state index in [9.17, 15) is 0 Å². The van der Waals surface area contributed by atoms with Crippen molar-refractivity contribution in [3.63, 3.8) is 0 Å². The van der Waals surface area contributed by atoms with Crippen LogP contribution in [0.3, 0.4) is 0 Å². The second-order valence-corrected chi connectivity index (χ2v) is 2.10. The first-order valence-electron chi connectivity index (χ1n) is 4.46. The first-order chi connectivity index (χ1) is 8.91. The molecule has 0 heterocycles. The Morgan fingerprint density at radius 3 is 0.611 bits per heavy atom. The Morgan fingerprint density at radius 2 is 0.444 bits per heavy atom. The Kier molecular flexibility index (Phi) is 10.4. The molecule has 0 saturated heterocycles. The molecule has 18 heavy (non-hydrogen) atoms. The molecule has 0 saturated carbocycles. The van der Waals surface area contributed by atoms with Crippen molar-refractivity contribution in [1.29, 1.82) is 0 Å². The van der Waals surface area contributed by atoms with Crippen molar-refractivity contribution >= 4 is 0 Å². The minimum atomic E-state index is 2.37. The lowest BCUT2D eigenvalue weighted by Crippen LogP contribution is -1.24. The highest BCUT2D eigenvalue weighted by atomic mass is 13.4. The highest BCUT2D eigenvalue weighted by molar-refractivity contribution is 4.92. The van der Waals surface area contributed by atoms with Crippen LogP contribution in [0.5, 0.6) is 0 Å². The Hall–Kier alpha value is -3.78. The Balaban J connectivity index is 5.72. The van der Waals surface area contributed by atoms with E-state index in [2.05, 4.69) is 105 Å². The van der Waals surface area contributed by atoms with E-state index in [4.69, 9.17) is 0 Å². The summed E-state index contributed by atoms with van der Waals surface area (Å²) in [5, 5.41) is 0. The maximum absolute atomic E-state index is 3.29. The maximum atomic E-state index is 3.29. The summed E-state index contributed by atoms with van der Waals surface area (Å²) in [5.41, 5.74) is 39.4. The number of hydrogen-bond donors (Lipinski definition) is 0. The van der Waals surface area contributed by atoms with Crippen LogP contribution >= 0.6 is 0 Å². The summed E-state index contributed by atoms with van der Waals surface area (Å²) in [6, 6.07) is 0. The molecular formula is C18H4. The molecule has 0 amide bonds. The maximum Gasteiger partial charge on any atom is -0.0000000000000163 e. The molecule has 0 rings (SSSR count). The van der Waals surface area contributed by atoms with Crippen LogP contribution in [0.4, 0.5) is 0 Å². The van der Waals surface area contributed by atoms with Crippen LogP contribution in [0.1, 0.15) is 0 Å². The number of rotatable bonds is 0. The van der Waals surface area contributed by atoms with Gasteiger partial charge in [0.25, 0.3) is 0 Å². The molecule has 0 aromatic rings. The van der Waals surface area contributed by atoms with Gasteiger partial charge in [0.15, 0.2) is 0 Å². The lowest BCUT2D eigenvalue weighted by atomic mass is 10.6. The van der Waals surface area contributed by atoms with Gasteiger partial charge in [-0.05, 0) is 93.4 Å². The van der Waals surface area contributed by atoms with E-state index in [1.807, 2.05) is 0 Å². The zero-order valence-electron chi connectivity index (χ0n) is 9.41. The average Bonchev–Trinajstić information content (AvgIpc) is 2.39. The highest BCUT2D eigenvalue weighted by Crippen LogP contribution is 1.56. The quantitative estimate of drug-likeness (QED) is 0.549. The van der Waals surface area contributed by atoms with E-state index in [0.29, 0.717) is 0 Å². The molecule has 0 aromatic heterocycles. The largest absolute Gasteiger partial charge is 0.0687 e. The summed E-state index contributed by atoms with van der Waals surface area (Å²) in [5.74, 6) is 0. The minimum absolute atomic E-state index is 2.37. The SMILES string of the molecule is C=C=C=C=C=C=C=C=C=C=C=C=C=C=C=C=C=C. The van der Waals surface area contributed by atoms with Crippen LogP contribution in [-0.2, 0) is 0 Å². The topological polar surface area (TPSA) is 0 Å². The molecule has 0 aliphatic carbocycles. The van der Waals surface area contributed by atoms with Gasteiger partial charge in [-0.25, -0.2) is 0 Å². The van der Waals surface area contributed by atoms with E-state index >= 15 is 0 Å². The molecule has 0 spiro atoms. The third-order valence-corrected chi connectivity index (χ3v) is 0.989. The highest BCUT2D eigenvalue weighted by Gasteiger charge is 1.40. The fourth-order valence-corrected chi connectivity index (χ4v) is 0.463. The van der Waals surface area contributed by atoms with Gasteiger partial charge in [0.05, 0.1) is 0 Å². The third-order valence-electron chi connectivity index (χ3n) is 0.989. The molecule has 0 aliphatic heterocycles.